The summed E-state index contributed by atoms with van der Waals surface area (Å²) in [5.41, 5.74) is 0.537. The summed E-state index contributed by atoms with van der Waals surface area (Å²) in [7, 11) is -1.72. The van der Waals surface area contributed by atoms with Gasteiger partial charge in [-0.25, -0.2) is 8.42 Å². The van der Waals surface area contributed by atoms with Crippen molar-refractivity contribution in [3.8, 4) is 0 Å². The molecule has 1 aliphatic carbocycles. The van der Waals surface area contributed by atoms with E-state index in [-0.39, 0.29) is 17.2 Å². The lowest BCUT2D eigenvalue weighted by Crippen LogP contribution is -2.30. The van der Waals surface area contributed by atoms with Gasteiger partial charge in [0.1, 0.15) is 0 Å². The molecule has 1 fully saturated rings. The van der Waals surface area contributed by atoms with Crippen LogP contribution < -0.4 is 4.72 Å². The first-order valence-electron chi connectivity index (χ1n) is 8.29. The molecule has 0 bridgehead atoms. The van der Waals surface area contributed by atoms with Gasteiger partial charge >= 0.3 is 0 Å². The molecule has 7 heteroatoms. The molecule has 0 aromatic heterocycles. The van der Waals surface area contributed by atoms with Crippen molar-refractivity contribution in [3.05, 3.63) is 28.8 Å². The molecule has 0 unspecified atom stereocenters. The maximum Gasteiger partial charge on any atom is 0.255 e. The molecule has 0 spiro atoms. The molecule has 0 radical (unpaired) electrons. The Morgan fingerprint density at radius 1 is 1.29 bits per heavy atom. The Morgan fingerprint density at radius 3 is 2.58 bits per heavy atom. The summed E-state index contributed by atoms with van der Waals surface area (Å²) in [6.45, 7) is 0.661. The van der Waals surface area contributed by atoms with Gasteiger partial charge < -0.3 is 4.90 Å². The molecule has 1 amide bonds. The minimum Gasteiger partial charge on any atom is -0.342 e. The lowest BCUT2D eigenvalue weighted by atomic mass is 9.87. The van der Waals surface area contributed by atoms with Gasteiger partial charge in [-0.1, -0.05) is 43.7 Å². The van der Waals surface area contributed by atoms with Crippen molar-refractivity contribution in [2.24, 2.45) is 5.92 Å². The maximum absolute atomic E-state index is 12.7. The molecular weight excluding hydrogens is 348 g/mol. The smallest absolute Gasteiger partial charge is 0.255 e. The van der Waals surface area contributed by atoms with Gasteiger partial charge in [-0.2, -0.15) is 0 Å². The van der Waals surface area contributed by atoms with E-state index in [1.807, 2.05) is 0 Å². The predicted octanol–water partition coefficient (Wildman–Crippen LogP) is 3.75. The number of nitrogens with zero attached hydrogens (tertiary/aromatic N) is 1. The fourth-order valence-corrected chi connectivity index (χ4v) is 3.89. The van der Waals surface area contributed by atoms with Crippen LogP contribution in [0.25, 0.3) is 0 Å². The molecular formula is C17H25ClN2O3S. The first-order valence-corrected chi connectivity index (χ1v) is 10.6. The molecule has 0 atom stereocenters. The van der Waals surface area contributed by atoms with Crippen LogP contribution in [0.5, 0.6) is 0 Å². The Hall–Kier alpha value is -1.27. The highest BCUT2D eigenvalue weighted by Crippen LogP contribution is 2.27. The summed E-state index contributed by atoms with van der Waals surface area (Å²) in [6, 6.07) is 4.59. The Morgan fingerprint density at radius 2 is 1.96 bits per heavy atom. The Kier molecular flexibility index (Phi) is 6.52. The highest BCUT2D eigenvalue weighted by atomic mass is 35.5. The van der Waals surface area contributed by atoms with Crippen molar-refractivity contribution < 1.29 is 13.2 Å². The van der Waals surface area contributed by atoms with Crippen LogP contribution in [-0.4, -0.2) is 39.1 Å². The van der Waals surface area contributed by atoms with E-state index in [1.54, 1.807) is 18.0 Å². The Balaban J connectivity index is 2.08. The van der Waals surface area contributed by atoms with Gasteiger partial charge in [0, 0.05) is 18.6 Å². The summed E-state index contributed by atoms with van der Waals surface area (Å²) < 4.78 is 25.4. The minimum atomic E-state index is -3.46. The number of amides is 1. The number of anilines is 1. The average molecular weight is 373 g/mol. The summed E-state index contributed by atoms with van der Waals surface area (Å²) >= 11 is 5.99. The van der Waals surface area contributed by atoms with Crippen LogP contribution in [0, 0.1) is 5.92 Å². The average Bonchev–Trinajstić information content (AvgIpc) is 2.53. The zero-order chi connectivity index (χ0) is 17.7. The van der Waals surface area contributed by atoms with Crippen LogP contribution in [-0.2, 0) is 10.0 Å². The van der Waals surface area contributed by atoms with Crippen molar-refractivity contribution in [1.82, 2.24) is 4.90 Å². The zero-order valence-electron chi connectivity index (χ0n) is 14.2. The number of rotatable bonds is 6. The molecule has 0 heterocycles. The molecule has 1 saturated carbocycles. The lowest BCUT2D eigenvalue weighted by Gasteiger charge is -2.25. The molecule has 134 valence electrons. The molecule has 0 aliphatic heterocycles. The number of hydrogen-bond donors (Lipinski definition) is 1. The van der Waals surface area contributed by atoms with E-state index < -0.39 is 10.0 Å². The third kappa shape index (κ3) is 5.67. The molecule has 2 rings (SSSR count). The fourth-order valence-electron chi connectivity index (χ4n) is 3.14. The number of benzene rings is 1. The Labute approximate surface area is 149 Å². The monoisotopic (exact) mass is 372 g/mol. The highest BCUT2D eigenvalue weighted by Gasteiger charge is 2.20. The minimum absolute atomic E-state index is 0.223. The van der Waals surface area contributed by atoms with E-state index in [1.165, 1.54) is 44.2 Å². The Bertz CT molecular complexity index is 685. The number of nitrogens with one attached hydrogen (secondary N) is 1. The second-order valence-electron chi connectivity index (χ2n) is 6.58. The largest absolute Gasteiger partial charge is 0.342 e. The van der Waals surface area contributed by atoms with Crippen LogP contribution >= 0.6 is 11.6 Å². The van der Waals surface area contributed by atoms with Crippen molar-refractivity contribution >= 4 is 33.2 Å². The zero-order valence-corrected chi connectivity index (χ0v) is 15.8. The summed E-state index contributed by atoms with van der Waals surface area (Å²) in [4.78, 5) is 14.4. The maximum atomic E-state index is 12.7. The molecule has 0 saturated heterocycles. The molecule has 1 aromatic carbocycles. The van der Waals surface area contributed by atoms with E-state index in [9.17, 15) is 13.2 Å². The van der Waals surface area contributed by atoms with E-state index >= 15 is 0 Å². The molecule has 1 aromatic rings. The van der Waals surface area contributed by atoms with Crippen LogP contribution in [0.1, 0.15) is 48.9 Å². The molecule has 1 aliphatic rings. The standard InChI is InChI=1S/C17H25ClN2O3S/c1-20(11-10-13-6-4-3-5-7-13)17(21)15-12-14(18)8-9-16(15)19-24(2,22)23/h8-9,12-13,19H,3-7,10-11H2,1-2H3. The topological polar surface area (TPSA) is 66.5 Å². The third-order valence-electron chi connectivity index (χ3n) is 4.45. The van der Waals surface area contributed by atoms with Crippen molar-refractivity contribution in [2.45, 2.75) is 38.5 Å². The molecule has 24 heavy (non-hydrogen) atoms. The number of halogens is 1. The van der Waals surface area contributed by atoms with E-state index in [0.717, 1.165) is 12.7 Å². The lowest BCUT2D eigenvalue weighted by molar-refractivity contribution is 0.0785. The fraction of sp³-hybridized carbons (Fsp3) is 0.588. The number of carbonyl (C=O) groups is 1. The summed E-state index contributed by atoms with van der Waals surface area (Å²) in [5, 5.41) is 0.401. The normalized spacial score (nSPS) is 16.0. The predicted molar refractivity (Wildman–Crippen MR) is 98.1 cm³/mol. The van der Waals surface area contributed by atoms with Crippen molar-refractivity contribution in [3.63, 3.8) is 0 Å². The molecule has 5 nitrogen and oxygen atoms in total. The van der Waals surface area contributed by atoms with Crippen molar-refractivity contribution in [1.29, 1.82) is 0 Å². The number of carbonyl (C=O) groups excluding carboxylic acids is 1. The van der Waals surface area contributed by atoms with Gasteiger partial charge in [0.15, 0.2) is 0 Å². The first-order chi connectivity index (χ1) is 11.3. The van der Waals surface area contributed by atoms with Crippen LogP contribution in [0.3, 0.4) is 0 Å². The van der Waals surface area contributed by atoms with Gasteiger partial charge in [0.05, 0.1) is 17.5 Å². The number of hydrogen-bond acceptors (Lipinski definition) is 3. The first kappa shape index (κ1) is 19.1. The molecule has 1 N–H and O–H groups in total. The third-order valence-corrected chi connectivity index (χ3v) is 5.28. The highest BCUT2D eigenvalue weighted by molar-refractivity contribution is 7.92. The summed E-state index contributed by atoms with van der Waals surface area (Å²) in [6.07, 6.45) is 8.38. The van der Waals surface area contributed by atoms with Gasteiger partial charge in [0.2, 0.25) is 10.0 Å². The van der Waals surface area contributed by atoms with Crippen LogP contribution in [0.2, 0.25) is 5.02 Å². The van der Waals surface area contributed by atoms with Gasteiger partial charge in [-0.3, -0.25) is 9.52 Å². The second kappa shape index (κ2) is 8.21. The van der Waals surface area contributed by atoms with Gasteiger partial charge in [-0.05, 0) is 30.5 Å². The number of sulfonamides is 1. The second-order valence-corrected chi connectivity index (χ2v) is 8.77. The van der Waals surface area contributed by atoms with Crippen LogP contribution in [0.4, 0.5) is 5.69 Å². The van der Waals surface area contributed by atoms with Crippen LogP contribution in [0.15, 0.2) is 18.2 Å². The van der Waals surface area contributed by atoms with E-state index in [0.29, 0.717) is 17.5 Å². The van der Waals surface area contributed by atoms with E-state index in [4.69, 9.17) is 11.6 Å². The van der Waals surface area contributed by atoms with Gasteiger partial charge in [0.25, 0.3) is 5.91 Å². The van der Waals surface area contributed by atoms with E-state index in [2.05, 4.69) is 4.72 Å². The van der Waals surface area contributed by atoms with Gasteiger partial charge in [-0.15, -0.1) is 0 Å². The summed E-state index contributed by atoms with van der Waals surface area (Å²) in [5.74, 6) is 0.460. The quantitative estimate of drug-likeness (QED) is 0.826. The SMILES string of the molecule is CN(CCC1CCCCC1)C(=O)c1cc(Cl)ccc1NS(C)(=O)=O. The van der Waals surface area contributed by atoms with Crippen molar-refractivity contribution in [2.75, 3.05) is 24.6 Å².